The summed E-state index contributed by atoms with van der Waals surface area (Å²) >= 11 is 0. The molecule has 0 radical (unpaired) electrons. The minimum atomic E-state index is -4.51. The molecular weight excluding hydrogens is 366 g/mol. The summed E-state index contributed by atoms with van der Waals surface area (Å²) in [6.07, 6.45) is 0. The van der Waals surface area contributed by atoms with Crippen LogP contribution in [0.3, 0.4) is 0 Å². The number of rotatable bonds is 8. The van der Waals surface area contributed by atoms with Gasteiger partial charge in [-0.05, 0) is 58.9 Å². The molecule has 128 valence electrons. The van der Waals surface area contributed by atoms with Gasteiger partial charge in [0.25, 0.3) is 0 Å². The lowest BCUT2D eigenvalue weighted by atomic mass is 11.8. The Kier molecular flexibility index (Phi) is 7.10. The smallest absolute Gasteiger partial charge is 0.330 e. The van der Waals surface area contributed by atoms with Gasteiger partial charge in [0.05, 0.1) is 0 Å². The molecule has 0 aromatic carbocycles. The summed E-state index contributed by atoms with van der Waals surface area (Å²) in [5, 5.41) is 0. The molecule has 0 spiro atoms. The normalized spacial score (nSPS) is 17.6. The van der Waals surface area contributed by atoms with Crippen LogP contribution in [0.4, 0.5) is 0 Å². The highest BCUT2D eigenvalue weighted by molar-refractivity contribution is 7.64. The van der Waals surface area contributed by atoms with Crippen molar-refractivity contribution in [2.24, 2.45) is 0 Å². The van der Waals surface area contributed by atoms with E-state index in [2.05, 4.69) is 0 Å². The third kappa shape index (κ3) is 12.1. The molecule has 0 aliphatic heterocycles. The molecule has 0 aliphatic rings. The second-order valence-electron chi connectivity index (χ2n) is 7.61. The monoisotopic (exact) mass is 394 g/mol. The topological polar surface area (TPSA) is 91.3 Å². The molecular formula is C9H28O7P2Si3. The summed E-state index contributed by atoms with van der Waals surface area (Å²) in [5.74, 6) is 0. The van der Waals surface area contributed by atoms with E-state index < -0.39 is 40.6 Å². The van der Waals surface area contributed by atoms with Crippen LogP contribution < -0.4 is 0 Å². The molecule has 0 heterocycles. The van der Waals surface area contributed by atoms with E-state index in [4.69, 9.17) is 16.9 Å². The summed E-state index contributed by atoms with van der Waals surface area (Å²) in [6.45, 7) is 15.9. The Bertz CT molecular complexity index is 430. The van der Waals surface area contributed by atoms with Crippen molar-refractivity contribution in [2.75, 3.05) is 0 Å². The highest BCUT2D eigenvalue weighted by atomic mass is 31.3. The van der Waals surface area contributed by atoms with Crippen molar-refractivity contribution in [3.05, 3.63) is 0 Å². The Morgan fingerprint density at radius 2 is 0.952 bits per heavy atom. The number of hydrogen-bond acceptors (Lipinski definition) is 6. The van der Waals surface area contributed by atoms with Gasteiger partial charge in [-0.25, -0.2) is 9.13 Å². The zero-order valence-electron chi connectivity index (χ0n) is 14.3. The number of hydrogen-bond donors (Lipinski definition) is 1. The van der Waals surface area contributed by atoms with Gasteiger partial charge >= 0.3 is 15.6 Å². The van der Waals surface area contributed by atoms with Crippen molar-refractivity contribution in [3.8, 4) is 0 Å². The molecule has 0 saturated heterocycles. The molecule has 0 aliphatic carbocycles. The van der Waals surface area contributed by atoms with E-state index in [1.54, 1.807) is 58.9 Å². The Morgan fingerprint density at radius 1 is 0.667 bits per heavy atom. The molecule has 0 fully saturated rings. The summed E-state index contributed by atoms with van der Waals surface area (Å²) in [6, 6.07) is 0. The third-order valence-electron chi connectivity index (χ3n) is 1.36. The summed E-state index contributed by atoms with van der Waals surface area (Å²) in [7, 11) is -15.7. The van der Waals surface area contributed by atoms with Crippen LogP contribution in [-0.2, 0) is 26.1 Å². The molecule has 0 amide bonds. The Labute approximate surface area is 131 Å². The van der Waals surface area contributed by atoms with Crippen LogP contribution in [0.2, 0.25) is 58.9 Å². The van der Waals surface area contributed by atoms with Gasteiger partial charge in [-0.15, -0.1) is 0 Å². The van der Waals surface area contributed by atoms with Crippen molar-refractivity contribution < 1.29 is 31.0 Å². The Morgan fingerprint density at radius 3 is 1.19 bits per heavy atom. The quantitative estimate of drug-likeness (QED) is 0.468. The molecule has 0 bridgehead atoms. The molecule has 1 N–H and O–H groups in total. The molecule has 0 aromatic rings. The standard InChI is InChI=1S/C9H28O7P2Si3/c1-19(2,3)14-17(10,11)13-18(12,15-20(4,5)6)16-21(7,8)9/h1-9H3,(H,10,11). The van der Waals surface area contributed by atoms with Gasteiger partial charge in [-0.2, -0.15) is 4.31 Å². The lowest BCUT2D eigenvalue weighted by Crippen LogP contribution is -2.31. The van der Waals surface area contributed by atoms with E-state index in [0.29, 0.717) is 0 Å². The molecule has 12 heteroatoms. The van der Waals surface area contributed by atoms with Gasteiger partial charge < -0.3 is 17.5 Å². The van der Waals surface area contributed by atoms with Gasteiger partial charge in [0, 0.05) is 0 Å². The average molecular weight is 395 g/mol. The maximum absolute atomic E-state index is 12.8. The molecule has 0 aromatic heterocycles. The van der Waals surface area contributed by atoms with Gasteiger partial charge in [-0.3, -0.25) is 0 Å². The Balaban J connectivity index is 5.34. The molecule has 1 atom stereocenters. The fraction of sp³-hybridized carbons (Fsp3) is 1.00. The zero-order chi connectivity index (χ0) is 17.3. The summed E-state index contributed by atoms with van der Waals surface area (Å²) < 4.78 is 45.6. The first-order valence-corrected chi connectivity index (χ1v) is 19.8. The van der Waals surface area contributed by atoms with Gasteiger partial charge in [0.1, 0.15) is 0 Å². The van der Waals surface area contributed by atoms with Gasteiger partial charge in [-0.1, -0.05) is 0 Å². The van der Waals surface area contributed by atoms with Crippen LogP contribution >= 0.6 is 15.6 Å². The van der Waals surface area contributed by atoms with E-state index in [1.807, 2.05) is 0 Å². The van der Waals surface area contributed by atoms with Gasteiger partial charge in [0.15, 0.2) is 25.0 Å². The fourth-order valence-corrected chi connectivity index (χ4v) is 12.1. The lowest BCUT2D eigenvalue weighted by Gasteiger charge is -2.31. The van der Waals surface area contributed by atoms with Crippen molar-refractivity contribution in [3.63, 3.8) is 0 Å². The predicted octanol–water partition coefficient (Wildman–Crippen LogP) is 4.77. The first kappa shape index (κ1) is 21.9. The predicted molar refractivity (Wildman–Crippen MR) is 91.8 cm³/mol. The highest BCUT2D eigenvalue weighted by Gasteiger charge is 2.45. The lowest BCUT2D eigenvalue weighted by molar-refractivity contribution is 0.235. The van der Waals surface area contributed by atoms with Crippen LogP contribution in [0.1, 0.15) is 0 Å². The fourth-order valence-electron chi connectivity index (χ4n) is 1.21. The molecule has 0 rings (SSSR count). The summed E-state index contributed by atoms with van der Waals surface area (Å²) in [4.78, 5) is 9.82. The van der Waals surface area contributed by atoms with Crippen LogP contribution in [0.15, 0.2) is 0 Å². The van der Waals surface area contributed by atoms with Crippen molar-refractivity contribution in [1.29, 1.82) is 0 Å². The van der Waals surface area contributed by atoms with Crippen molar-refractivity contribution in [1.82, 2.24) is 0 Å². The van der Waals surface area contributed by atoms with E-state index in [1.165, 1.54) is 0 Å². The first-order chi connectivity index (χ1) is 8.83. The first-order valence-electron chi connectivity index (χ1n) is 6.59. The van der Waals surface area contributed by atoms with Crippen LogP contribution in [0.5, 0.6) is 0 Å². The maximum Gasteiger partial charge on any atom is 0.471 e. The molecule has 7 nitrogen and oxygen atoms in total. The van der Waals surface area contributed by atoms with E-state index >= 15 is 0 Å². The largest absolute Gasteiger partial charge is 0.471 e. The van der Waals surface area contributed by atoms with Crippen LogP contribution in [-0.4, -0.2) is 29.8 Å². The Hall–Kier alpha value is 0.911. The highest BCUT2D eigenvalue weighted by Crippen LogP contribution is 2.66. The average Bonchev–Trinajstić information content (AvgIpc) is 1.83. The summed E-state index contributed by atoms with van der Waals surface area (Å²) in [5.41, 5.74) is 0. The maximum atomic E-state index is 12.8. The van der Waals surface area contributed by atoms with Crippen molar-refractivity contribution in [2.45, 2.75) is 58.9 Å². The minimum absolute atomic E-state index is 1.73. The number of phosphoric acid groups is 2. The molecule has 0 saturated carbocycles. The second kappa shape index (κ2) is 6.80. The van der Waals surface area contributed by atoms with E-state index in [9.17, 15) is 14.0 Å². The second-order valence-corrected chi connectivity index (χ2v) is 25.0. The SMILES string of the molecule is C[Si](C)(C)OP(=O)(O)OP(=O)(O[Si](C)(C)C)O[Si](C)(C)C. The van der Waals surface area contributed by atoms with E-state index in [0.717, 1.165) is 0 Å². The minimum Gasteiger partial charge on any atom is -0.330 e. The molecule has 21 heavy (non-hydrogen) atoms. The van der Waals surface area contributed by atoms with E-state index in [-0.39, 0.29) is 0 Å². The van der Waals surface area contributed by atoms with Crippen LogP contribution in [0.25, 0.3) is 0 Å². The third-order valence-corrected chi connectivity index (χ3v) is 12.3. The van der Waals surface area contributed by atoms with Gasteiger partial charge in [0.2, 0.25) is 0 Å². The molecule has 1 unspecified atom stereocenters. The zero-order valence-corrected chi connectivity index (χ0v) is 19.1. The van der Waals surface area contributed by atoms with Crippen LogP contribution in [0, 0.1) is 0 Å². The van der Waals surface area contributed by atoms with Crippen molar-refractivity contribution >= 4 is 40.6 Å².